The minimum Gasteiger partial charge on any atom is -0.319 e. The van der Waals surface area contributed by atoms with Crippen LogP contribution in [0.3, 0.4) is 0 Å². The number of nitrogens with zero attached hydrogens (tertiary/aromatic N) is 2. The number of aromatic nitrogens is 2. The van der Waals surface area contributed by atoms with Crippen LogP contribution in [0.15, 0.2) is 42.0 Å². The third-order valence-corrected chi connectivity index (χ3v) is 4.83. The van der Waals surface area contributed by atoms with E-state index in [-0.39, 0.29) is 5.91 Å². The van der Waals surface area contributed by atoms with Crippen LogP contribution in [-0.2, 0) is 6.54 Å². The van der Waals surface area contributed by atoms with Gasteiger partial charge in [-0.15, -0.1) is 11.3 Å². The van der Waals surface area contributed by atoms with Crippen molar-refractivity contribution in [3.05, 3.63) is 67.5 Å². The molecule has 0 fully saturated rings. The number of para-hydroxylation sites is 1. The number of amides is 1. The molecule has 3 aromatic rings. The molecule has 8 heteroatoms. The van der Waals surface area contributed by atoms with Gasteiger partial charge in [-0.3, -0.25) is 9.48 Å². The first-order valence-corrected chi connectivity index (χ1v) is 8.55. The summed E-state index contributed by atoms with van der Waals surface area (Å²) in [4.78, 5) is 12.9. The zero-order chi connectivity index (χ0) is 16.4. The first-order chi connectivity index (χ1) is 11.0. The highest BCUT2D eigenvalue weighted by molar-refractivity contribution is 7.12. The van der Waals surface area contributed by atoms with Crippen molar-refractivity contribution in [3.63, 3.8) is 0 Å². The maximum Gasteiger partial charge on any atom is 0.265 e. The molecule has 0 spiro atoms. The number of benzene rings is 1. The van der Waals surface area contributed by atoms with E-state index in [9.17, 15) is 4.79 Å². The fourth-order valence-corrected chi connectivity index (χ4v) is 3.43. The Hall–Kier alpha value is -1.53. The lowest BCUT2D eigenvalue weighted by Gasteiger charge is -2.07. The van der Waals surface area contributed by atoms with Crippen molar-refractivity contribution in [2.24, 2.45) is 0 Å². The Morgan fingerprint density at radius 2 is 2.00 bits per heavy atom. The minimum atomic E-state index is -0.255. The summed E-state index contributed by atoms with van der Waals surface area (Å²) in [5.41, 5.74) is 1.37. The van der Waals surface area contributed by atoms with E-state index in [1.807, 2.05) is 5.38 Å². The monoisotopic (exact) mass is 385 g/mol. The molecule has 0 atom stereocenters. The highest BCUT2D eigenvalue weighted by atomic mass is 35.5. The molecule has 0 aliphatic rings. The van der Waals surface area contributed by atoms with E-state index in [0.717, 1.165) is 5.56 Å². The number of hydrogen-bond acceptors (Lipinski definition) is 3. The van der Waals surface area contributed by atoms with Gasteiger partial charge in [0, 0.05) is 6.20 Å². The lowest BCUT2D eigenvalue weighted by Crippen LogP contribution is -2.11. The van der Waals surface area contributed by atoms with Crippen LogP contribution in [0.1, 0.15) is 15.2 Å². The van der Waals surface area contributed by atoms with Crippen LogP contribution in [-0.4, -0.2) is 15.7 Å². The van der Waals surface area contributed by atoms with Crippen LogP contribution in [0.2, 0.25) is 15.1 Å². The molecule has 4 nitrogen and oxygen atoms in total. The SMILES string of the molecule is O=C(Nc1c(Cl)cccc1Cl)c1cc(Cn2cc(Cl)cn2)cs1. The largest absolute Gasteiger partial charge is 0.319 e. The maximum atomic E-state index is 12.3. The van der Waals surface area contributed by atoms with Gasteiger partial charge < -0.3 is 5.32 Å². The van der Waals surface area contributed by atoms with Crippen molar-refractivity contribution >= 4 is 57.7 Å². The predicted molar refractivity (Wildman–Crippen MR) is 95.1 cm³/mol. The summed E-state index contributed by atoms with van der Waals surface area (Å²) in [7, 11) is 0. The molecule has 0 radical (unpaired) electrons. The second kappa shape index (κ2) is 6.93. The summed E-state index contributed by atoms with van der Waals surface area (Å²) in [6.07, 6.45) is 3.30. The molecule has 1 amide bonds. The first kappa shape index (κ1) is 16.3. The van der Waals surface area contributed by atoms with Crippen LogP contribution in [0.5, 0.6) is 0 Å². The van der Waals surface area contributed by atoms with Crippen molar-refractivity contribution in [1.82, 2.24) is 9.78 Å². The minimum absolute atomic E-state index is 0.255. The first-order valence-electron chi connectivity index (χ1n) is 6.53. The Labute approximate surface area is 151 Å². The summed E-state index contributed by atoms with van der Waals surface area (Å²) in [6.45, 7) is 0.545. The summed E-state index contributed by atoms with van der Waals surface area (Å²) < 4.78 is 1.71. The van der Waals surface area contributed by atoms with E-state index in [1.54, 1.807) is 41.3 Å². The number of hydrogen-bond donors (Lipinski definition) is 1. The van der Waals surface area contributed by atoms with E-state index in [4.69, 9.17) is 34.8 Å². The molecule has 2 heterocycles. The summed E-state index contributed by atoms with van der Waals surface area (Å²) >= 11 is 19.3. The molecule has 3 rings (SSSR count). The predicted octanol–water partition coefficient (Wildman–Crippen LogP) is 5.21. The fourth-order valence-electron chi connectivity index (χ4n) is 1.98. The smallest absolute Gasteiger partial charge is 0.265 e. The highest BCUT2D eigenvalue weighted by Crippen LogP contribution is 2.30. The third kappa shape index (κ3) is 3.87. The van der Waals surface area contributed by atoms with E-state index in [0.29, 0.717) is 32.2 Å². The van der Waals surface area contributed by atoms with Gasteiger partial charge in [0.15, 0.2) is 0 Å². The van der Waals surface area contributed by atoms with Gasteiger partial charge >= 0.3 is 0 Å². The van der Waals surface area contributed by atoms with E-state index in [1.165, 1.54) is 11.3 Å². The Kier molecular flexibility index (Phi) is 4.92. The van der Waals surface area contributed by atoms with Crippen LogP contribution in [0.4, 0.5) is 5.69 Å². The Balaban J connectivity index is 1.73. The average molecular weight is 387 g/mol. The summed E-state index contributed by atoms with van der Waals surface area (Å²) in [5, 5.41) is 10.1. The molecular formula is C15H10Cl3N3OS. The van der Waals surface area contributed by atoms with Gasteiger partial charge in [0.2, 0.25) is 0 Å². The van der Waals surface area contributed by atoms with Gasteiger partial charge in [0.05, 0.1) is 38.4 Å². The average Bonchev–Trinajstić information content (AvgIpc) is 3.13. The number of anilines is 1. The standard InChI is InChI=1S/C15H10Cl3N3OS/c16-10-5-19-21(7-10)6-9-4-13(23-8-9)15(22)20-14-11(17)2-1-3-12(14)18/h1-5,7-8H,6H2,(H,20,22). The second-order valence-corrected chi connectivity index (χ2v) is 6.89. The van der Waals surface area contributed by atoms with Crippen LogP contribution >= 0.6 is 46.1 Å². The van der Waals surface area contributed by atoms with Crippen molar-refractivity contribution in [2.75, 3.05) is 5.32 Å². The molecule has 1 aromatic carbocycles. The molecule has 1 N–H and O–H groups in total. The van der Waals surface area contributed by atoms with E-state index in [2.05, 4.69) is 10.4 Å². The van der Waals surface area contributed by atoms with E-state index < -0.39 is 0 Å². The lowest BCUT2D eigenvalue weighted by molar-refractivity contribution is 0.103. The second-order valence-electron chi connectivity index (χ2n) is 4.73. The Morgan fingerprint density at radius 3 is 2.65 bits per heavy atom. The summed E-state index contributed by atoms with van der Waals surface area (Å²) in [6, 6.07) is 6.87. The van der Waals surface area contributed by atoms with Crippen molar-refractivity contribution in [1.29, 1.82) is 0 Å². The number of carbonyl (C=O) groups is 1. The van der Waals surface area contributed by atoms with E-state index >= 15 is 0 Å². The number of rotatable bonds is 4. The van der Waals surface area contributed by atoms with Crippen LogP contribution in [0, 0.1) is 0 Å². The summed E-state index contributed by atoms with van der Waals surface area (Å²) in [5.74, 6) is -0.255. The highest BCUT2D eigenvalue weighted by Gasteiger charge is 2.13. The van der Waals surface area contributed by atoms with Crippen LogP contribution in [0.25, 0.3) is 0 Å². The van der Waals surface area contributed by atoms with Crippen LogP contribution < -0.4 is 5.32 Å². The van der Waals surface area contributed by atoms with Crippen molar-refractivity contribution in [3.8, 4) is 0 Å². The molecule has 23 heavy (non-hydrogen) atoms. The maximum absolute atomic E-state index is 12.3. The molecular weight excluding hydrogens is 377 g/mol. The molecule has 0 saturated heterocycles. The zero-order valence-electron chi connectivity index (χ0n) is 11.6. The third-order valence-electron chi connectivity index (χ3n) is 3.03. The van der Waals surface area contributed by atoms with Crippen molar-refractivity contribution < 1.29 is 4.79 Å². The molecule has 2 aromatic heterocycles. The van der Waals surface area contributed by atoms with Gasteiger partial charge in [-0.2, -0.15) is 5.10 Å². The van der Waals surface area contributed by atoms with Crippen molar-refractivity contribution in [2.45, 2.75) is 6.54 Å². The van der Waals surface area contributed by atoms with Gasteiger partial charge in [-0.25, -0.2) is 0 Å². The number of carbonyl (C=O) groups excluding carboxylic acids is 1. The Bertz CT molecular complexity index is 839. The molecule has 0 aliphatic carbocycles. The van der Waals surface area contributed by atoms with Gasteiger partial charge in [-0.1, -0.05) is 40.9 Å². The van der Waals surface area contributed by atoms with Gasteiger partial charge in [0.25, 0.3) is 5.91 Å². The fraction of sp³-hybridized carbons (Fsp3) is 0.0667. The molecule has 0 aliphatic heterocycles. The number of thiophene rings is 1. The lowest BCUT2D eigenvalue weighted by atomic mass is 10.3. The zero-order valence-corrected chi connectivity index (χ0v) is 14.7. The normalized spacial score (nSPS) is 10.7. The number of nitrogens with one attached hydrogen (secondary N) is 1. The quantitative estimate of drug-likeness (QED) is 0.669. The molecule has 0 bridgehead atoms. The molecule has 0 unspecified atom stereocenters. The number of halogens is 3. The molecule has 0 saturated carbocycles. The van der Waals surface area contributed by atoms with Gasteiger partial charge in [-0.05, 0) is 29.1 Å². The topological polar surface area (TPSA) is 46.9 Å². The Morgan fingerprint density at radius 1 is 1.26 bits per heavy atom. The molecule has 118 valence electrons. The van der Waals surface area contributed by atoms with Gasteiger partial charge in [0.1, 0.15) is 0 Å².